The van der Waals surface area contributed by atoms with Crippen molar-refractivity contribution in [3.8, 4) is 0 Å². The number of benzene rings is 1. The summed E-state index contributed by atoms with van der Waals surface area (Å²) in [7, 11) is 0. The average molecular weight is 420 g/mol. The van der Waals surface area contributed by atoms with E-state index >= 15 is 0 Å². The molecule has 1 aromatic carbocycles. The Morgan fingerprint density at radius 1 is 1.26 bits per heavy atom. The summed E-state index contributed by atoms with van der Waals surface area (Å²) in [4.78, 5) is 24.6. The van der Waals surface area contributed by atoms with E-state index in [1.807, 2.05) is 26.0 Å². The number of nitrogens with one attached hydrogen (secondary N) is 1. The molecule has 0 spiro atoms. The Labute approximate surface area is 179 Å². The van der Waals surface area contributed by atoms with Gasteiger partial charge in [-0.25, -0.2) is 14.4 Å². The number of rotatable bonds is 3. The molecule has 0 bridgehead atoms. The average Bonchev–Trinajstić information content (AvgIpc) is 3.11. The molecule has 1 aliphatic heterocycles. The van der Waals surface area contributed by atoms with Crippen molar-refractivity contribution < 1.29 is 9.18 Å². The summed E-state index contributed by atoms with van der Waals surface area (Å²) < 4.78 is 15.9. The lowest BCUT2D eigenvalue weighted by Crippen LogP contribution is -2.43. The largest absolute Gasteiger partial charge is 0.369 e. The third-order valence-corrected chi connectivity index (χ3v) is 5.77. The third-order valence-electron chi connectivity index (χ3n) is 5.77. The van der Waals surface area contributed by atoms with E-state index in [0.717, 1.165) is 37.0 Å². The van der Waals surface area contributed by atoms with Crippen LogP contribution in [0.3, 0.4) is 0 Å². The van der Waals surface area contributed by atoms with Gasteiger partial charge in [0, 0.05) is 48.5 Å². The van der Waals surface area contributed by atoms with E-state index in [2.05, 4.69) is 20.2 Å². The second-order valence-electron chi connectivity index (χ2n) is 8.51. The fourth-order valence-corrected chi connectivity index (χ4v) is 4.43. The van der Waals surface area contributed by atoms with Crippen LogP contribution in [-0.2, 0) is 0 Å². The molecule has 31 heavy (non-hydrogen) atoms. The lowest BCUT2D eigenvalue weighted by molar-refractivity contribution is 0.0944. The second-order valence-corrected chi connectivity index (χ2v) is 8.51. The molecule has 1 saturated heterocycles. The molecule has 8 heteroatoms. The van der Waals surface area contributed by atoms with Crippen LogP contribution in [0.25, 0.3) is 27.7 Å². The van der Waals surface area contributed by atoms with Crippen LogP contribution < -0.4 is 16.0 Å². The van der Waals surface area contributed by atoms with Gasteiger partial charge in [0.15, 0.2) is 5.65 Å². The molecule has 0 unspecified atom stereocenters. The Hall–Kier alpha value is -3.26. The van der Waals surface area contributed by atoms with Crippen LogP contribution >= 0.6 is 0 Å². The molecular formula is C23H25FN6O. The minimum absolute atomic E-state index is 0.0291. The summed E-state index contributed by atoms with van der Waals surface area (Å²) in [5.74, 6) is -0.583. The van der Waals surface area contributed by atoms with Crippen molar-refractivity contribution in [3.05, 3.63) is 47.9 Å². The molecule has 160 valence electrons. The van der Waals surface area contributed by atoms with E-state index in [1.165, 1.54) is 12.1 Å². The summed E-state index contributed by atoms with van der Waals surface area (Å²) in [6, 6.07) is 8.32. The van der Waals surface area contributed by atoms with E-state index in [9.17, 15) is 9.18 Å². The van der Waals surface area contributed by atoms with Gasteiger partial charge in [0.05, 0.1) is 16.6 Å². The molecule has 0 saturated carbocycles. The van der Waals surface area contributed by atoms with Gasteiger partial charge in [0.25, 0.3) is 5.91 Å². The van der Waals surface area contributed by atoms with E-state index in [0.29, 0.717) is 27.9 Å². The minimum atomic E-state index is -0.363. The topological polar surface area (TPSA) is 88.5 Å². The van der Waals surface area contributed by atoms with Crippen molar-refractivity contribution in [2.75, 3.05) is 18.0 Å². The Bertz CT molecular complexity index is 1310. The van der Waals surface area contributed by atoms with E-state index < -0.39 is 0 Å². The summed E-state index contributed by atoms with van der Waals surface area (Å²) in [5.41, 5.74) is 9.93. The predicted molar refractivity (Wildman–Crippen MR) is 120 cm³/mol. The first kappa shape index (κ1) is 19.7. The first-order valence-electron chi connectivity index (χ1n) is 10.6. The van der Waals surface area contributed by atoms with Gasteiger partial charge < -0.3 is 16.0 Å². The quantitative estimate of drug-likeness (QED) is 0.531. The number of carbonyl (C=O) groups is 1. The summed E-state index contributed by atoms with van der Waals surface area (Å²) >= 11 is 0. The summed E-state index contributed by atoms with van der Waals surface area (Å²) in [6.45, 7) is 5.45. The maximum Gasteiger partial charge on any atom is 0.255 e. The number of nitrogens with two attached hydrogens (primary N) is 1. The second kappa shape index (κ2) is 7.46. The zero-order valence-electron chi connectivity index (χ0n) is 17.6. The highest BCUT2D eigenvalue weighted by molar-refractivity contribution is 6.07. The highest BCUT2D eigenvalue weighted by Gasteiger charge is 2.23. The fourth-order valence-electron chi connectivity index (χ4n) is 4.43. The van der Waals surface area contributed by atoms with Gasteiger partial charge in [-0.2, -0.15) is 0 Å². The molecular weight excluding hydrogens is 395 g/mol. The van der Waals surface area contributed by atoms with Crippen molar-refractivity contribution in [2.24, 2.45) is 5.73 Å². The number of aromatic nitrogens is 3. The highest BCUT2D eigenvalue weighted by Crippen LogP contribution is 2.32. The van der Waals surface area contributed by atoms with Gasteiger partial charge in [-0.15, -0.1) is 0 Å². The molecule has 7 nitrogen and oxygen atoms in total. The summed E-state index contributed by atoms with van der Waals surface area (Å²) in [5, 5.41) is 3.78. The molecule has 3 N–H and O–H groups in total. The van der Waals surface area contributed by atoms with Crippen LogP contribution in [0.1, 0.15) is 37.0 Å². The zero-order valence-corrected chi connectivity index (χ0v) is 17.6. The number of fused-ring (bicyclic) bond motifs is 5. The van der Waals surface area contributed by atoms with Gasteiger partial charge in [-0.1, -0.05) is 0 Å². The third kappa shape index (κ3) is 3.37. The lowest BCUT2D eigenvalue weighted by Gasteiger charge is -2.33. The number of halogens is 1. The van der Waals surface area contributed by atoms with E-state index in [4.69, 9.17) is 5.73 Å². The Balaban J connectivity index is 1.85. The monoisotopic (exact) mass is 420 g/mol. The summed E-state index contributed by atoms with van der Waals surface area (Å²) in [6.07, 6.45) is 3.75. The van der Waals surface area contributed by atoms with Gasteiger partial charge in [0.1, 0.15) is 11.5 Å². The number of anilines is 1. The van der Waals surface area contributed by atoms with E-state index in [1.54, 1.807) is 16.7 Å². The standard InChI is InChI=1S/C23H25FN6O/c1-13(2)27-23(31)17-11-16-19(29-9-3-4-15(25)12-29)7-8-26-21(16)30-20-10-14(24)5-6-18(20)28-22(17)30/h5-8,10-11,13,15H,3-4,9,12,25H2,1-2H3,(H,27,31)/t15-/m1/s1. The fraction of sp³-hybridized carbons (Fsp3) is 0.348. The molecule has 1 aliphatic rings. The number of nitrogens with zero attached hydrogens (tertiary/aromatic N) is 4. The molecule has 1 atom stereocenters. The van der Waals surface area contributed by atoms with Crippen LogP contribution in [0.15, 0.2) is 36.5 Å². The zero-order chi connectivity index (χ0) is 21.7. The number of amides is 1. The lowest BCUT2D eigenvalue weighted by atomic mass is 10.0. The van der Waals surface area contributed by atoms with Crippen LogP contribution in [0, 0.1) is 5.82 Å². The van der Waals surface area contributed by atoms with Crippen molar-refractivity contribution in [1.29, 1.82) is 0 Å². The van der Waals surface area contributed by atoms with Gasteiger partial charge in [-0.05, 0) is 51.0 Å². The predicted octanol–water partition coefficient (Wildman–Crippen LogP) is 3.24. The number of piperidine rings is 1. The molecule has 4 heterocycles. The number of carbonyl (C=O) groups excluding carboxylic acids is 1. The highest BCUT2D eigenvalue weighted by atomic mass is 19.1. The van der Waals surface area contributed by atoms with Crippen LogP contribution in [0.2, 0.25) is 0 Å². The van der Waals surface area contributed by atoms with Crippen molar-refractivity contribution in [2.45, 2.75) is 38.8 Å². The normalized spacial score (nSPS) is 17.2. The number of pyridine rings is 2. The Morgan fingerprint density at radius 2 is 2.10 bits per heavy atom. The molecule has 3 aromatic heterocycles. The first-order valence-corrected chi connectivity index (χ1v) is 10.6. The molecule has 4 aromatic rings. The minimum Gasteiger partial charge on any atom is -0.369 e. The van der Waals surface area contributed by atoms with E-state index in [-0.39, 0.29) is 23.8 Å². The molecule has 5 rings (SSSR count). The maximum absolute atomic E-state index is 14.1. The molecule has 0 aliphatic carbocycles. The molecule has 0 radical (unpaired) electrons. The maximum atomic E-state index is 14.1. The van der Waals surface area contributed by atoms with Crippen LogP contribution in [0.5, 0.6) is 0 Å². The van der Waals surface area contributed by atoms with Crippen LogP contribution in [0.4, 0.5) is 10.1 Å². The molecule has 1 fully saturated rings. The van der Waals surface area contributed by atoms with Crippen molar-refractivity contribution >= 4 is 39.3 Å². The van der Waals surface area contributed by atoms with Gasteiger partial charge >= 0.3 is 0 Å². The van der Waals surface area contributed by atoms with Crippen molar-refractivity contribution in [1.82, 2.24) is 19.7 Å². The van der Waals surface area contributed by atoms with Gasteiger partial charge in [0.2, 0.25) is 0 Å². The van der Waals surface area contributed by atoms with Crippen molar-refractivity contribution in [3.63, 3.8) is 0 Å². The Morgan fingerprint density at radius 3 is 2.87 bits per heavy atom. The van der Waals surface area contributed by atoms with Crippen LogP contribution in [-0.4, -0.2) is 45.4 Å². The number of imidazole rings is 1. The van der Waals surface area contributed by atoms with Gasteiger partial charge in [-0.3, -0.25) is 9.20 Å². The number of hydrogen-bond donors (Lipinski definition) is 2. The first-order chi connectivity index (χ1) is 14.9. The Kier molecular flexibility index (Phi) is 4.74. The SMILES string of the molecule is CC(C)NC(=O)c1cc2c(N3CCC[C@@H](N)C3)ccnc2n2c1nc1ccc(F)cc12. The number of hydrogen-bond acceptors (Lipinski definition) is 5. The molecule has 1 amide bonds. The smallest absolute Gasteiger partial charge is 0.255 e.